The summed E-state index contributed by atoms with van der Waals surface area (Å²) in [6.45, 7) is 0. The van der Waals surface area contributed by atoms with E-state index in [1.54, 1.807) is 6.20 Å². The first-order chi connectivity index (χ1) is 5.38. The van der Waals surface area contributed by atoms with E-state index in [0.29, 0.717) is 0 Å². The maximum atomic E-state index is 5.69. The molecule has 2 rings (SSSR count). The van der Waals surface area contributed by atoms with E-state index in [1.165, 1.54) is 0 Å². The summed E-state index contributed by atoms with van der Waals surface area (Å²) in [6, 6.07) is 7.46. The molecule has 0 saturated carbocycles. The lowest BCUT2D eigenvalue weighted by atomic mass is 10.2. The Morgan fingerprint density at radius 1 is 1.17 bits per heavy atom. The van der Waals surface area contributed by atoms with Crippen molar-refractivity contribution in [1.82, 2.24) is 10.2 Å². The molecule has 0 radical (unpaired) electrons. The van der Waals surface area contributed by atoms with Crippen LogP contribution >= 0.6 is 12.4 Å². The topological polar surface area (TPSA) is 51.8 Å². The van der Waals surface area contributed by atoms with E-state index in [2.05, 4.69) is 10.2 Å². The number of halogens is 1. The minimum absolute atomic E-state index is 0. The number of nitrogens with two attached hydrogens (primary N) is 1. The van der Waals surface area contributed by atoms with Crippen molar-refractivity contribution in [2.75, 3.05) is 5.73 Å². The molecule has 0 aliphatic heterocycles. The Kier molecular flexibility index (Phi) is 2.45. The van der Waals surface area contributed by atoms with Crippen LogP contribution in [0, 0.1) is 0 Å². The third kappa shape index (κ3) is 1.31. The molecule has 0 fully saturated rings. The van der Waals surface area contributed by atoms with E-state index in [9.17, 15) is 0 Å². The van der Waals surface area contributed by atoms with E-state index < -0.39 is 0 Å². The minimum atomic E-state index is 0. The highest BCUT2D eigenvalue weighted by Crippen LogP contribution is 2.16. The van der Waals surface area contributed by atoms with E-state index in [-0.39, 0.29) is 12.4 Å². The van der Waals surface area contributed by atoms with Gasteiger partial charge in [0.05, 0.1) is 11.7 Å². The Morgan fingerprint density at radius 2 is 2.00 bits per heavy atom. The second kappa shape index (κ2) is 3.36. The van der Waals surface area contributed by atoms with Crippen LogP contribution in [0.3, 0.4) is 0 Å². The molecule has 0 aliphatic carbocycles. The molecule has 2 aromatic rings. The molecule has 0 bridgehead atoms. The fourth-order valence-corrected chi connectivity index (χ4v) is 1.04. The lowest BCUT2D eigenvalue weighted by Crippen LogP contribution is -1.88. The van der Waals surface area contributed by atoms with Gasteiger partial charge >= 0.3 is 0 Å². The minimum Gasteiger partial charge on any atom is -0.398 e. The number of benzene rings is 1. The van der Waals surface area contributed by atoms with Gasteiger partial charge < -0.3 is 5.73 Å². The van der Waals surface area contributed by atoms with Crippen LogP contribution in [0.2, 0.25) is 0 Å². The first kappa shape index (κ1) is 8.74. The third-order valence-corrected chi connectivity index (χ3v) is 1.59. The van der Waals surface area contributed by atoms with Gasteiger partial charge in [0.15, 0.2) is 0 Å². The molecular formula is C8H8ClN3. The fraction of sp³-hybridized carbons (Fsp3) is 0. The van der Waals surface area contributed by atoms with Crippen molar-refractivity contribution in [2.24, 2.45) is 0 Å². The van der Waals surface area contributed by atoms with E-state index in [0.717, 1.165) is 16.6 Å². The van der Waals surface area contributed by atoms with Crippen LogP contribution in [0.25, 0.3) is 10.9 Å². The summed E-state index contributed by atoms with van der Waals surface area (Å²) < 4.78 is 0. The SMILES string of the molecule is Cl.Nc1cccc2nnccc12. The number of rotatable bonds is 0. The normalized spacial score (nSPS) is 9.33. The van der Waals surface area contributed by atoms with Crippen LogP contribution in [0.1, 0.15) is 0 Å². The Balaban J connectivity index is 0.000000720. The van der Waals surface area contributed by atoms with Crippen molar-refractivity contribution < 1.29 is 0 Å². The summed E-state index contributed by atoms with van der Waals surface area (Å²) in [5, 5.41) is 8.62. The molecule has 0 aliphatic rings. The summed E-state index contributed by atoms with van der Waals surface area (Å²) in [6.07, 6.45) is 1.64. The largest absolute Gasteiger partial charge is 0.398 e. The Bertz CT molecular complexity index is 383. The lowest BCUT2D eigenvalue weighted by molar-refractivity contribution is 1.08. The molecule has 1 aromatic heterocycles. The van der Waals surface area contributed by atoms with Gasteiger partial charge in [-0.2, -0.15) is 10.2 Å². The summed E-state index contributed by atoms with van der Waals surface area (Å²) in [7, 11) is 0. The second-order valence-corrected chi connectivity index (χ2v) is 2.31. The molecule has 0 spiro atoms. The molecule has 0 amide bonds. The van der Waals surface area contributed by atoms with Crippen molar-refractivity contribution >= 4 is 29.0 Å². The molecule has 0 unspecified atom stereocenters. The third-order valence-electron chi connectivity index (χ3n) is 1.59. The van der Waals surface area contributed by atoms with E-state index in [1.807, 2.05) is 24.3 Å². The Labute approximate surface area is 76.0 Å². The molecule has 4 heteroatoms. The van der Waals surface area contributed by atoms with Crippen LogP contribution in [-0.4, -0.2) is 10.2 Å². The quantitative estimate of drug-likeness (QED) is 0.629. The predicted molar refractivity (Wildman–Crippen MR) is 51.2 cm³/mol. The summed E-state index contributed by atoms with van der Waals surface area (Å²) in [5.74, 6) is 0. The van der Waals surface area contributed by atoms with Gasteiger partial charge in [-0.1, -0.05) is 6.07 Å². The molecule has 2 N–H and O–H groups in total. The average Bonchev–Trinajstić information content (AvgIpc) is 2.06. The van der Waals surface area contributed by atoms with E-state index in [4.69, 9.17) is 5.73 Å². The van der Waals surface area contributed by atoms with Crippen molar-refractivity contribution in [3.05, 3.63) is 30.5 Å². The van der Waals surface area contributed by atoms with Crippen LogP contribution in [0.5, 0.6) is 0 Å². The van der Waals surface area contributed by atoms with Crippen LogP contribution in [0.15, 0.2) is 30.5 Å². The van der Waals surface area contributed by atoms with Gasteiger partial charge in [-0.3, -0.25) is 0 Å². The van der Waals surface area contributed by atoms with Gasteiger partial charge in [0, 0.05) is 11.1 Å². The average molecular weight is 182 g/mol. The van der Waals surface area contributed by atoms with Gasteiger partial charge in [-0.05, 0) is 18.2 Å². The van der Waals surface area contributed by atoms with Crippen LogP contribution in [-0.2, 0) is 0 Å². The van der Waals surface area contributed by atoms with Gasteiger partial charge in [0.25, 0.3) is 0 Å². The Hall–Kier alpha value is -1.35. The number of nitrogens with zero attached hydrogens (tertiary/aromatic N) is 2. The van der Waals surface area contributed by atoms with Gasteiger partial charge in [0.2, 0.25) is 0 Å². The highest BCUT2D eigenvalue weighted by molar-refractivity contribution is 5.89. The summed E-state index contributed by atoms with van der Waals surface area (Å²) in [5.41, 5.74) is 7.28. The zero-order valence-electron chi connectivity index (χ0n) is 6.27. The lowest BCUT2D eigenvalue weighted by Gasteiger charge is -1.97. The molecule has 0 atom stereocenters. The predicted octanol–water partition coefficient (Wildman–Crippen LogP) is 1.63. The molecular weight excluding hydrogens is 174 g/mol. The zero-order chi connectivity index (χ0) is 7.68. The zero-order valence-corrected chi connectivity index (χ0v) is 7.08. The number of anilines is 1. The van der Waals surface area contributed by atoms with Crippen LogP contribution < -0.4 is 5.73 Å². The molecule has 3 nitrogen and oxygen atoms in total. The second-order valence-electron chi connectivity index (χ2n) is 2.31. The molecule has 1 aromatic carbocycles. The molecule has 1 heterocycles. The number of hydrogen-bond acceptors (Lipinski definition) is 3. The Morgan fingerprint density at radius 3 is 2.75 bits per heavy atom. The number of hydrogen-bond donors (Lipinski definition) is 1. The standard InChI is InChI=1S/C8H7N3.ClH/c9-7-2-1-3-8-6(7)4-5-10-11-8;/h1-5H,9H2;1H. The van der Waals surface area contributed by atoms with Gasteiger partial charge in [-0.25, -0.2) is 0 Å². The fourth-order valence-electron chi connectivity index (χ4n) is 1.04. The van der Waals surface area contributed by atoms with Gasteiger partial charge in [0.1, 0.15) is 0 Å². The molecule has 12 heavy (non-hydrogen) atoms. The smallest absolute Gasteiger partial charge is 0.0950 e. The highest BCUT2D eigenvalue weighted by atomic mass is 35.5. The first-order valence-corrected chi connectivity index (χ1v) is 3.34. The maximum absolute atomic E-state index is 5.69. The monoisotopic (exact) mass is 181 g/mol. The molecule has 62 valence electrons. The van der Waals surface area contributed by atoms with E-state index >= 15 is 0 Å². The number of aromatic nitrogens is 2. The summed E-state index contributed by atoms with van der Waals surface area (Å²) >= 11 is 0. The van der Waals surface area contributed by atoms with Crippen molar-refractivity contribution in [2.45, 2.75) is 0 Å². The maximum Gasteiger partial charge on any atom is 0.0950 e. The van der Waals surface area contributed by atoms with Crippen molar-refractivity contribution in [1.29, 1.82) is 0 Å². The highest BCUT2D eigenvalue weighted by Gasteiger charge is 1.95. The van der Waals surface area contributed by atoms with Crippen molar-refractivity contribution in [3.63, 3.8) is 0 Å². The number of nitrogen functional groups attached to an aromatic ring is 1. The van der Waals surface area contributed by atoms with Gasteiger partial charge in [-0.15, -0.1) is 12.4 Å². The van der Waals surface area contributed by atoms with Crippen molar-refractivity contribution in [3.8, 4) is 0 Å². The first-order valence-electron chi connectivity index (χ1n) is 3.34. The number of fused-ring (bicyclic) bond motifs is 1. The summed E-state index contributed by atoms with van der Waals surface area (Å²) in [4.78, 5) is 0. The van der Waals surface area contributed by atoms with Crippen LogP contribution in [0.4, 0.5) is 5.69 Å². The molecule has 0 saturated heterocycles.